The van der Waals surface area contributed by atoms with Crippen molar-refractivity contribution >= 4 is 34.9 Å². The van der Waals surface area contributed by atoms with Gasteiger partial charge in [0.25, 0.3) is 0 Å². The molecule has 0 bridgehead atoms. The minimum absolute atomic E-state index is 1.24. The van der Waals surface area contributed by atoms with Crippen molar-refractivity contribution in [2.45, 2.75) is 6.92 Å². The summed E-state index contributed by atoms with van der Waals surface area (Å²) in [5, 5.41) is 5.63. The van der Waals surface area contributed by atoms with E-state index in [-0.39, 0.29) is 0 Å². The molecule has 0 spiro atoms. The molecule has 0 heterocycles. The Hall–Kier alpha value is -3.16. The number of allylic oxidation sites excluding steroid dienone is 1. The van der Waals surface area contributed by atoms with Crippen LogP contribution < -0.4 is 20.7 Å². The number of hydrogen-bond acceptors (Lipinski definition) is 0. The van der Waals surface area contributed by atoms with Gasteiger partial charge in [0, 0.05) is 0 Å². The Morgan fingerprint density at radius 2 is 0.821 bits per heavy atom. The van der Waals surface area contributed by atoms with Crippen LogP contribution in [0.1, 0.15) is 12.5 Å². The fraction of sp³-hybridized carbons (Fsp3) is 0.0370. The molecule has 136 valence electrons. The summed E-state index contributed by atoms with van der Waals surface area (Å²) in [4.78, 5) is 0. The van der Waals surface area contributed by atoms with E-state index in [0.29, 0.717) is 0 Å². The minimum Gasteiger partial charge on any atom is -0.0871 e. The molecule has 0 aliphatic carbocycles. The van der Waals surface area contributed by atoms with Gasteiger partial charge >= 0.3 is 0 Å². The Kier molecular flexibility index (Phi) is 5.36. The van der Waals surface area contributed by atoms with Gasteiger partial charge in [0.1, 0.15) is 0 Å². The maximum atomic E-state index is 2.33. The summed E-state index contributed by atoms with van der Waals surface area (Å²) in [6.45, 7) is 2.06. The zero-order valence-corrected chi connectivity index (χ0v) is 17.1. The zero-order chi connectivity index (χ0) is 19.2. The van der Waals surface area contributed by atoms with Crippen molar-refractivity contribution in [2.24, 2.45) is 0 Å². The lowest BCUT2D eigenvalue weighted by molar-refractivity contribution is 1.64. The van der Waals surface area contributed by atoms with Crippen molar-refractivity contribution in [1.29, 1.82) is 0 Å². The molecule has 28 heavy (non-hydrogen) atoms. The molecule has 0 saturated heterocycles. The molecule has 0 atom stereocenters. The minimum atomic E-state index is -2.37. The lowest BCUT2D eigenvalue weighted by Gasteiger charge is -2.34. The molecule has 0 saturated carbocycles. The van der Waals surface area contributed by atoms with Gasteiger partial charge in [-0.05, 0) is 33.2 Å². The van der Waals surface area contributed by atoms with Crippen molar-refractivity contribution in [3.05, 3.63) is 127 Å². The summed E-state index contributed by atoms with van der Waals surface area (Å²) in [5.74, 6) is 0. The molecule has 4 rings (SSSR count). The molecule has 0 aliphatic rings. The van der Waals surface area contributed by atoms with Crippen LogP contribution in [0.15, 0.2) is 121 Å². The van der Waals surface area contributed by atoms with Crippen molar-refractivity contribution in [3.8, 4) is 0 Å². The molecule has 0 N–H and O–H groups in total. The number of rotatable bonds is 5. The Morgan fingerprint density at radius 1 is 0.464 bits per heavy atom. The first-order valence-corrected chi connectivity index (χ1v) is 11.8. The van der Waals surface area contributed by atoms with E-state index in [1.807, 2.05) is 0 Å². The van der Waals surface area contributed by atoms with E-state index in [1.165, 1.54) is 26.3 Å². The highest BCUT2D eigenvalue weighted by atomic mass is 28.3. The second kappa shape index (κ2) is 8.24. The monoisotopic (exact) mass is 376 g/mol. The summed E-state index contributed by atoms with van der Waals surface area (Å²) < 4.78 is 0. The molecular weight excluding hydrogens is 352 g/mol. The third-order valence-electron chi connectivity index (χ3n) is 5.32. The third-order valence-corrected chi connectivity index (χ3v) is 10.1. The molecular formula is C27H24Si. The molecule has 0 unspecified atom stereocenters. The van der Waals surface area contributed by atoms with Gasteiger partial charge in [-0.1, -0.05) is 127 Å². The van der Waals surface area contributed by atoms with E-state index in [4.69, 9.17) is 0 Å². The fourth-order valence-corrected chi connectivity index (χ4v) is 8.85. The Bertz CT molecular complexity index is 937. The standard InChI is InChI=1S/C27H24Si/c1-2-12-23-19-21-27(22-20-23)28(24-13-6-3-7-14-24,25-15-8-4-9-16-25)26-17-10-5-11-18-26/h2-22H,1H3. The van der Waals surface area contributed by atoms with Crippen molar-refractivity contribution in [1.82, 2.24) is 0 Å². The van der Waals surface area contributed by atoms with Gasteiger partial charge in [-0.2, -0.15) is 0 Å². The summed E-state index contributed by atoms with van der Waals surface area (Å²) in [5.41, 5.74) is 1.24. The van der Waals surface area contributed by atoms with Crippen LogP contribution in [0.5, 0.6) is 0 Å². The normalized spacial score (nSPS) is 11.6. The summed E-state index contributed by atoms with van der Waals surface area (Å²) in [7, 11) is -2.37. The van der Waals surface area contributed by atoms with Crippen LogP contribution in [-0.4, -0.2) is 8.07 Å². The highest BCUT2D eigenvalue weighted by molar-refractivity contribution is 7.19. The van der Waals surface area contributed by atoms with Gasteiger partial charge in [0.2, 0.25) is 0 Å². The predicted octanol–water partition coefficient (Wildman–Crippen LogP) is 4.10. The predicted molar refractivity (Wildman–Crippen MR) is 125 cm³/mol. The third kappa shape index (κ3) is 3.26. The Labute approximate surface area is 168 Å². The van der Waals surface area contributed by atoms with E-state index < -0.39 is 8.07 Å². The van der Waals surface area contributed by atoms with Gasteiger partial charge in [-0.3, -0.25) is 0 Å². The van der Waals surface area contributed by atoms with E-state index in [0.717, 1.165) is 0 Å². The highest BCUT2D eigenvalue weighted by Crippen LogP contribution is 2.11. The topological polar surface area (TPSA) is 0 Å². The lowest BCUT2D eigenvalue weighted by Crippen LogP contribution is -2.74. The molecule has 4 aromatic carbocycles. The van der Waals surface area contributed by atoms with Crippen molar-refractivity contribution in [3.63, 3.8) is 0 Å². The molecule has 0 radical (unpaired) electrons. The lowest BCUT2D eigenvalue weighted by atomic mass is 10.2. The quantitative estimate of drug-likeness (QED) is 0.363. The number of hydrogen-bond donors (Lipinski definition) is 0. The van der Waals surface area contributed by atoms with Crippen LogP contribution >= 0.6 is 0 Å². The van der Waals surface area contributed by atoms with Crippen molar-refractivity contribution < 1.29 is 0 Å². The smallest absolute Gasteiger partial charge is 0.0871 e. The molecule has 0 aromatic heterocycles. The van der Waals surface area contributed by atoms with Crippen LogP contribution in [0.2, 0.25) is 0 Å². The van der Waals surface area contributed by atoms with Crippen molar-refractivity contribution in [2.75, 3.05) is 0 Å². The molecule has 0 aliphatic heterocycles. The van der Waals surface area contributed by atoms with Gasteiger partial charge in [-0.15, -0.1) is 0 Å². The van der Waals surface area contributed by atoms with Crippen LogP contribution in [0.4, 0.5) is 0 Å². The molecule has 1 heteroatoms. The Balaban J connectivity index is 2.07. The molecule has 0 nitrogen and oxygen atoms in total. The maximum Gasteiger partial charge on any atom is 0.179 e. The van der Waals surface area contributed by atoms with Crippen LogP contribution in [0.3, 0.4) is 0 Å². The van der Waals surface area contributed by atoms with Gasteiger partial charge in [-0.25, -0.2) is 0 Å². The first-order chi connectivity index (χ1) is 13.9. The van der Waals surface area contributed by atoms with Gasteiger partial charge < -0.3 is 0 Å². The molecule has 4 aromatic rings. The Morgan fingerprint density at radius 3 is 1.18 bits per heavy atom. The fourth-order valence-electron chi connectivity index (χ4n) is 4.10. The second-order valence-corrected chi connectivity index (χ2v) is 10.8. The SMILES string of the molecule is CC=Cc1ccc([Si](c2ccccc2)(c2ccccc2)c2ccccc2)cc1. The maximum absolute atomic E-state index is 2.37. The van der Waals surface area contributed by atoms with Crippen LogP contribution in [0, 0.1) is 0 Å². The average molecular weight is 377 g/mol. The van der Waals surface area contributed by atoms with E-state index >= 15 is 0 Å². The van der Waals surface area contributed by atoms with Crippen LogP contribution in [-0.2, 0) is 0 Å². The second-order valence-electron chi connectivity index (χ2n) is 6.97. The zero-order valence-electron chi connectivity index (χ0n) is 16.1. The average Bonchev–Trinajstić information content (AvgIpc) is 2.78. The van der Waals surface area contributed by atoms with Gasteiger partial charge in [0.15, 0.2) is 8.07 Å². The summed E-state index contributed by atoms with van der Waals surface area (Å²) >= 11 is 0. The molecule has 0 fully saturated rings. The van der Waals surface area contributed by atoms with E-state index in [1.54, 1.807) is 0 Å². The largest absolute Gasteiger partial charge is 0.179 e. The number of benzene rings is 4. The van der Waals surface area contributed by atoms with E-state index in [2.05, 4.69) is 134 Å². The summed E-state index contributed by atoms with van der Waals surface area (Å²) in [6, 6.07) is 42.2. The first-order valence-electron chi connectivity index (χ1n) is 9.75. The van der Waals surface area contributed by atoms with E-state index in [9.17, 15) is 0 Å². The van der Waals surface area contributed by atoms with Crippen LogP contribution in [0.25, 0.3) is 6.08 Å². The highest BCUT2D eigenvalue weighted by Gasteiger charge is 2.40. The van der Waals surface area contributed by atoms with Gasteiger partial charge in [0.05, 0.1) is 0 Å². The summed E-state index contributed by atoms with van der Waals surface area (Å²) in [6.07, 6.45) is 4.24. The first kappa shape index (κ1) is 18.2. The molecule has 0 amide bonds.